The van der Waals surface area contributed by atoms with Crippen molar-refractivity contribution in [3.05, 3.63) is 93.9 Å². The Bertz CT molecular complexity index is 2320. The number of hydrazine groups is 1. The monoisotopic (exact) mass is 780 g/mol. The molecular weight excluding hydrogens is 736 g/mol. The number of nitrogens with two attached hydrogens (primary N) is 2. The third-order valence-corrected chi connectivity index (χ3v) is 10.4. The lowest BCUT2D eigenvalue weighted by Crippen LogP contribution is -2.54. The van der Waals surface area contributed by atoms with E-state index in [1.807, 2.05) is 24.4 Å². The predicted octanol–water partition coefficient (Wildman–Crippen LogP) is 1.66. The molecule has 7 rings (SSSR count). The first-order valence-electron chi connectivity index (χ1n) is 18.4. The Hall–Kier alpha value is -6.30. The molecule has 4 amide bonds. The van der Waals surface area contributed by atoms with Gasteiger partial charge in [-0.15, -0.1) is 0 Å². The summed E-state index contributed by atoms with van der Waals surface area (Å²) >= 11 is 0. The molecule has 2 saturated heterocycles. The van der Waals surface area contributed by atoms with Gasteiger partial charge in [0, 0.05) is 63.5 Å². The smallest absolute Gasteiger partial charge is 0.262 e. The normalized spacial score (nSPS) is 18.6. The Kier molecular flexibility index (Phi) is 11.2. The average Bonchev–Trinajstić information content (AvgIpc) is 3.75. The summed E-state index contributed by atoms with van der Waals surface area (Å²) in [5.41, 5.74) is 9.45. The van der Waals surface area contributed by atoms with Gasteiger partial charge in [0.2, 0.25) is 11.8 Å². The number of nitrogens with zero attached hydrogens (tertiary/aromatic N) is 5. The molecule has 2 atom stereocenters. The summed E-state index contributed by atoms with van der Waals surface area (Å²) < 4.78 is 25.2. The number of piperidine rings is 1. The average molecular weight is 781 g/mol. The number of hydrogen-bond donors (Lipinski definition) is 3. The highest BCUT2D eigenvalue weighted by atomic mass is 16.5. The number of likely N-dealkylation sites (tertiary alicyclic amines) is 1. The van der Waals surface area contributed by atoms with Gasteiger partial charge in [-0.25, -0.2) is 5.84 Å². The zero-order valence-corrected chi connectivity index (χ0v) is 31.9. The molecule has 17 heteroatoms. The van der Waals surface area contributed by atoms with Crippen LogP contribution in [-0.2, 0) is 27.9 Å². The highest BCUT2D eigenvalue weighted by Gasteiger charge is 2.44. The number of pyridine rings is 2. The third kappa shape index (κ3) is 8.03. The molecule has 5 N–H and O–H groups in total. The van der Waals surface area contributed by atoms with Gasteiger partial charge in [-0.05, 0) is 60.2 Å². The van der Waals surface area contributed by atoms with Gasteiger partial charge < -0.3 is 34.3 Å². The van der Waals surface area contributed by atoms with Crippen molar-refractivity contribution < 1.29 is 38.1 Å². The molecule has 2 unspecified atom stereocenters. The van der Waals surface area contributed by atoms with E-state index in [-0.39, 0.29) is 55.4 Å². The molecule has 3 aliphatic heterocycles. The molecule has 3 aliphatic rings. The van der Waals surface area contributed by atoms with Crippen LogP contribution in [0.5, 0.6) is 17.2 Å². The molecule has 0 aliphatic carbocycles. The molecule has 2 aromatic heterocycles. The van der Waals surface area contributed by atoms with Gasteiger partial charge >= 0.3 is 0 Å². The summed E-state index contributed by atoms with van der Waals surface area (Å²) in [5, 5.41) is 4.88. The van der Waals surface area contributed by atoms with Crippen LogP contribution in [-0.4, -0.2) is 107 Å². The van der Waals surface area contributed by atoms with Crippen molar-refractivity contribution in [1.29, 1.82) is 0 Å². The molecule has 4 aromatic rings. The maximum absolute atomic E-state index is 13.1. The largest absolute Gasteiger partial charge is 0.496 e. The topological polar surface area (TPSA) is 214 Å². The maximum Gasteiger partial charge on any atom is 0.262 e. The van der Waals surface area contributed by atoms with Crippen molar-refractivity contribution in [3.63, 3.8) is 0 Å². The van der Waals surface area contributed by atoms with Crippen molar-refractivity contribution in [3.8, 4) is 28.4 Å². The minimum atomic E-state index is -1.04. The minimum Gasteiger partial charge on any atom is -0.496 e. The number of amides is 4. The van der Waals surface area contributed by atoms with Gasteiger partial charge in [-0.3, -0.25) is 44.1 Å². The first kappa shape index (κ1) is 39.0. The van der Waals surface area contributed by atoms with Crippen LogP contribution in [0.1, 0.15) is 45.5 Å². The van der Waals surface area contributed by atoms with E-state index in [2.05, 4.69) is 15.2 Å². The lowest BCUT2D eigenvalue weighted by atomic mass is 9.99. The molecule has 0 radical (unpaired) electrons. The highest BCUT2D eigenvalue weighted by Crippen LogP contribution is 2.38. The molecule has 2 aromatic carbocycles. The van der Waals surface area contributed by atoms with E-state index in [4.69, 9.17) is 30.5 Å². The Morgan fingerprint density at radius 2 is 1.74 bits per heavy atom. The van der Waals surface area contributed by atoms with E-state index in [1.165, 1.54) is 17.1 Å². The van der Waals surface area contributed by atoms with Crippen LogP contribution in [0.2, 0.25) is 0 Å². The molecule has 17 nitrogen and oxygen atoms in total. The Morgan fingerprint density at radius 3 is 2.47 bits per heavy atom. The molecule has 298 valence electrons. The van der Waals surface area contributed by atoms with E-state index in [9.17, 15) is 24.0 Å². The van der Waals surface area contributed by atoms with Crippen molar-refractivity contribution >= 4 is 34.4 Å². The molecule has 57 heavy (non-hydrogen) atoms. The van der Waals surface area contributed by atoms with Gasteiger partial charge in [0.05, 0.1) is 61.2 Å². The van der Waals surface area contributed by atoms with Crippen LogP contribution in [0.15, 0.2) is 71.7 Å². The van der Waals surface area contributed by atoms with Crippen molar-refractivity contribution in [2.45, 2.75) is 38.0 Å². The minimum absolute atomic E-state index is 0.0416. The number of aryl methyl sites for hydroxylation is 1. The molecular formula is C40H44N8O9. The van der Waals surface area contributed by atoms with E-state index < -0.39 is 29.7 Å². The van der Waals surface area contributed by atoms with Crippen LogP contribution < -0.4 is 36.7 Å². The number of aromatic nitrogens is 2. The van der Waals surface area contributed by atoms with E-state index in [0.29, 0.717) is 41.4 Å². The first-order chi connectivity index (χ1) is 27.4. The van der Waals surface area contributed by atoms with Crippen molar-refractivity contribution in [1.82, 2.24) is 29.7 Å². The number of fused-ring (bicyclic) bond motifs is 2. The zero-order valence-electron chi connectivity index (χ0n) is 31.9. The number of nitrogens with one attached hydrogen (secondary N) is 1. The molecule has 0 saturated carbocycles. The Morgan fingerprint density at radius 1 is 0.982 bits per heavy atom. The summed E-state index contributed by atoms with van der Waals surface area (Å²) in [6.07, 6.45) is 7.49. The number of benzene rings is 2. The summed E-state index contributed by atoms with van der Waals surface area (Å²) in [6.45, 7) is 2.59. The Labute approximate surface area is 327 Å². The van der Waals surface area contributed by atoms with E-state index in [1.54, 1.807) is 50.5 Å². The van der Waals surface area contributed by atoms with Gasteiger partial charge in [0.25, 0.3) is 17.4 Å². The summed E-state index contributed by atoms with van der Waals surface area (Å²) in [6, 6.07) is 9.23. The SMILES string of the molecule is COc1cc(-c2cn(C)c(=O)c3cnccc23)cc(OC)c1CN1CCC(OC/C(N)=C/N(N)CCOc2ccc3c(c2)C(=O)N(C2CCC(=O)NC2=O)C3=O)C1. The molecule has 0 bridgehead atoms. The van der Waals surface area contributed by atoms with E-state index >= 15 is 0 Å². The lowest BCUT2D eigenvalue weighted by molar-refractivity contribution is -0.136. The van der Waals surface area contributed by atoms with Crippen molar-refractivity contribution in [2.24, 2.45) is 18.6 Å². The fourth-order valence-electron chi connectivity index (χ4n) is 7.48. The molecule has 0 spiro atoms. The van der Waals surface area contributed by atoms with Crippen LogP contribution in [0.3, 0.4) is 0 Å². The highest BCUT2D eigenvalue weighted by molar-refractivity contribution is 6.23. The number of rotatable bonds is 14. The number of imide groups is 2. The second-order valence-electron chi connectivity index (χ2n) is 14.1. The zero-order chi connectivity index (χ0) is 40.4. The number of methoxy groups -OCH3 is 2. The summed E-state index contributed by atoms with van der Waals surface area (Å²) in [7, 11) is 4.97. The second-order valence-corrected chi connectivity index (χ2v) is 14.1. The van der Waals surface area contributed by atoms with Gasteiger partial charge in [-0.2, -0.15) is 0 Å². The number of ether oxygens (including phenoxy) is 4. The van der Waals surface area contributed by atoms with E-state index in [0.717, 1.165) is 39.9 Å². The number of carbonyl (C=O) groups is 4. The third-order valence-electron chi connectivity index (χ3n) is 10.4. The predicted molar refractivity (Wildman–Crippen MR) is 207 cm³/mol. The number of hydrogen-bond acceptors (Lipinski definition) is 14. The lowest BCUT2D eigenvalue weighted by Gasteiger charge is -2.27. The maximum atomic E-state index is 13.1. The van der Waals surface area contributed by atoms with Crippen LogP contribution >= 0.6 is 0 Å². The Balaban J connectivity index is 0.900. The fraction of sp³-hybridized carbons (Fsp3) is 0.350. The molecule has 2 fully saturated rings. The summed E-state index contributed by atoms with van der Waals surface area (Å²) in [4.78, 5) is 70.0. The summed E-state index contributed by atoms with van der Waals surface area (Å²) in [5.74, 6) is 5.53. The standard InChI is InChI=1S/C40H44N8O9/c1-45-20-31(27-8-10-43-17-30(27)38(45)51)23-14-34(54-2)32(35(15-23)55-3)21-46-11-9-26(19-46)57-22-24(41)18-47(42)12-13-56-25-4-5-28-29(16-25)40(53)48(39(28)52)33-6-7-36(49)44-37(33)50/h4-5,8,10,14-18,20,26,33H,6-7,9,11-13,19,21-22,41-42H2,1-3H3,(H,44,49,50)/b24-18-. The fourth-order valence-corrected chi connectivity index (χ4v) is 7.48. The van der Waals surface area contributed by atoms with Gasteiger partial charge in [-0.1, -0.05) is 0 Å². The van der Waals surface area contributed by atoms with Crippen LogP contribution in [0, 0.1) is 0 Å². The quantitative estimate of drug-likeness (QED) is 0.0944. The van der Waals surface area contributed by atoms with Crippen LogP contribution in [0.25, 0.3) is 21.9 Å². The van der Waals surface area contributed by atoms with Crippen molar-refractivity contribution in [2.75, 3.05) is 47.1 Å². The van der Waals surface area contributed by atoms with Crippen LogP contribution in [0.4, 0.5) is 0 Å². The first-order valence-corrected chi connectivity index (χ1v) is 18.4. The molecule has 5 heterocycles. The van der Waals surface area contributed by atoms with Gasteiger partial charge in [0.15, 0.2) is 0 Å². The second kappa shape index (κ2) is 16.4. The number of carbonyl (C=O) groups excluding carboxylic acids is 4. The van der Waals surface area contributed by atoms with Gasteiger partial charge in [0.1, 0.15) is 29.9 Å².